The van der Waals surface area contributed by atoms with E-state index in [2.05, 4.69) is 11.5 Å². The maximum atomic E-state index is 11.9. The molecule has 1 aliphatic carbocycles. The highest BCUT2D eigenvalue weighted by Crippen LogP contribution is 2.26. The molecule has 1 amide bonds. The first-order chi connectivity index (χ1) is 11.8. The quantitative estimate of drug-likeness (QED) is 0.654. The Labute approximate surface area is 149 Å². The number of nitrogens with one attached hydrogen (secondary N) is 1. The monoisotopic (exact) mass is 345 g/mol. The minimum absolute atomic E-state index is 0.0477. The van der Waals surface area contributed by atoms with Crippen LogP contribution in [0.2, 0.25) is 0 Å². The second-order valence-corrected chi connectivity index (χ2v) is 7.39. The number of rotatable bonds is 5. The lowest BCUT2D eigenvalue weighted by molar-refractivity contribution is 0.0504. The van der Waals surface area contributed by atoms with E-state index in [9.17, 15) is 10.1 Å². The fourth-order valence-corrected chi connectivity index (χ4v) is 3.02. The van der Waals surface area contributed by atoms with E-state index >= 15 is 0 Å². The molecule has 1 N–H and O–H groups in total. The second kappa shape index (κ2) is 8.11. The third kappa shape index (κ3) is 5.86. The first kappa shape index (κ1) is 18.9. The molecule has 6 heteroatoms. The average Bonchev–Trinajstić information content (AvgIpc) is 2.99. The summed E-state index contributed by atoms with van der Waals surface area (Å²) in [6.45, 7) is 6.09. The van der Waals surface area contributed by atoms with Gasteiger partial charge in [-0.3, -0.25) is 0 Å². The predicted molar refractivity (Wildman–Crippen MR) is 94.9 cm³/mol. The number of carbonyl (C=O) groups is 1. The molecule has 6 nitrogen and oxygen atoms in total. The molecule has 1 aromatic rings. The van der Waals surface area contributed by atoms with Crippen molar-refractivity contribution in [2.75, 3.05) is 7.11 Å². The highest BCUT2D eigenvalue weighted by atomic mass is 16.6. The van der Waals surface area contributed by atoms with Crippen LogP contribution in [0.5, 0.6) is 5.75 Å². The van der Waals surface area contributed by atoms with Crippen molar-refractivity contribution >= 4 is 6.09 Å². The van der Waals surface area contributed by atoms with Crippen molar-refractivity contribution in [3.8, 4) is 11.9 Å². The molecule has 0 bridgehead atoms. The molecule has 0 spiro atoms. The van der Waals surface area contributed by atoms with Gasteiger partial charge >= 0.3 is 6.09 Å². The molecule has 2 rings (SSSR count). The van der Waals surface area contributed by atoms with E-state index < -0.39 is 11.7 Å². The van der Waals surface area contributed by atoms with Gasteiger partial charge in [-0.05, 0) is 57.7 Å². The number of methoxy groups -OCH3 is 1. The van der Waals surface area contributed by atoms with Crippen LogP contribution in [0.25, 0.3) is 0 Å². The van der Waals surface area contributed by atoms with Crippen molar-refractivity contribution in [1.29, 1.82) is 5.26 Å². The molecule has 0 unspecified atom stereocenters. The van der Waals surface area contributed by atoms with Crippen LogP contribution in [0.4, 0.5) is 4.79 Å². The Balaban J connectivity index is 1.87. The number of nitrogens with zero attached hydrogens (tertiary/aromatic N) is 2. The van der Waals surface area contributed by atoms with Gasteiger partial charge in [-0.1, -0.05) is 12.1 Å². The summed E-state index contributed by atoms with van der Waals surface area (Å²) in [4.78, 5) is 13.7. The molecule has 0 saturated heterocycles. The van der Waals surface area contributed by atoms with E-state index in [1.165, 1.54) is 0 Å². The predicted octanol–water partition coefficient (Wildman–Crippen LogP) is 3.42. The first-order valence-corrected chi connectivity index (χ1v) is 8.59. The third-order valence-electron chi connectivity index (χ3n) is 4.21. The van der Waals surface area contributed by atoms with Gasteiger partial charge in [0, 0.05) is 12.1 Å². The van der Waals surface area contributed by atoms with E-state index in [1.807, 2.05) is 45.0 Å². The summed E-state index contributed by atoms with van der Waals surface area (Å²) in [6.07, 6.45) is 4.38. The number of hydrogen-bond acceptors (Lipinski definition) is 5. The molecule has 0 heterocycles. The van der Waals surface area contributed by atoms with Crippen LogP contribution >= 0.6 is 0 Å². The molecule has 136 valence electrons. The zero-order valence-corrected chi connectivity index (χ0v) is 15.4. The van der Waals surface area contributed by atoms with Crippen molar-refractivity contribution in [2.24, 2.45) is 0 Å². The van der Waals surface area contributed by atoms with Gasteiger partial charge in [0.1, 0.15) is 11.4 Å². The van der Waals surface area contributed by atoms with Crippen molar-refractivity contribution in [3.05, 3.63) is 29.8 Å². The number of amides is 1. The van der Waals surface area contributed by atoms with Gasteiger partial charge in [0.25, 0.3) is 0 Å². The van der Waals surface area contributed by atoms with Gasteiger partial charge < -0.3 is 19.7 Å². The first-order valence-electron chi connectivity index (χ1n) is 8.59. The number of ether oxygens (including phenoxy) is 2. The number of alkyl carbamates (subject to hydrolysis) is 1. The molecule has 1 fully saturated rings. The van der Waals surface area contributed by atoms with Crippen molar-refractivity contribution in [1.82, 2.24) is 10.2 Å². The van der Waals surface area contributed by atoms with Gasteiger partial charge in [-0.15, -0.1) is 0 Å². The fraction of sp³-hybridized carbons (Fsp3) is 0.579. The fourth-order valence-electron chi connectivity index (χ4n) is 3.02. The normalized spacial score (nSPS) is 19.8. The van der Waals surface area contributed by atoms with Crippen LogP contribution in [0.3, 0.4) is 0 Å². The smallest absolute Gasteiger partial charge is 0.407 e. The summed E-state index contributed by atoms with van der Waals surface area (Å²) in [5.74, 6) is 0.801. The molecule has 0 aliphatic heterocycles. The third-order valence-corrected chi connectivity index (χ3v) is 4.21. The Kier molecular flexibility index (Phi) is 6.13. The summed E-state index contributed by atoms with van der Waals surface area (Å²) in [6, 6.07) is 7.90. The number of benzene rings is 1. The summed E-state index contributed by atoms with van der Waals surface area (Å²) in [5, 5.41) is 12.4. The molecule has 25 heavy (non-hydrogen) atoms. The molecular formula is C19H27N3O3. The van der Waals surface area contributed by atoms with Crippen LogP contribution < -0.4 is 10.1 Å². The lowest BCUT2D eigenvalue weighted by Crippen LogP contribution is -2.39. The highest BCUT2D eigenvalue weighted by Gasteiger charge is 2.31. The molecule has 1 aliphatic rings. The zero-order valence-electron chi connectivity index (χ0n) is 15.4. The van der Waals surface area contributed by atoms with E-state index in [0.717, 1.165) is 30.6 Å². The minimum atomic E-state index is -0.505. The van der Waals surface area contributed by atoms with Gasteiger partial charge in [-0.25, -0.2) is 4.79 Å². The van der Waals surface area contributed by atoms with Gasteiger partial charge in [0.05, 0.1) is 13.7 Å². The zero-order chi connectivity index (χ0) is 18.4. The van der Waals surface area contributed by atoms with E-state index in [1.54, 1.807) is 12.0 Å². The number of hydrogen-bond donors (Lipinski definition) is 1. The number of carbonyl (C=O) groups excluding carboxylic acids is 1. The van der Waals surface area contributed by atoms with E-state index in [-0.39, 0.29) is 12.1 Å². The maximum absolute atomic E-state index is 11.9. The summed E-state index contributed by atoms with van der Waals surface area (Å²) in [5.41, 5.74) is 0.556. The van der Waals surface area contributed by atoms with E-state index in [0.29, 0.717) is 6.54 Å². The molecular weight excluding hydrogens is 318 g/mol. The van der Waals surface area contributed by atoms with Crippen LogP contribution in [0, 0.1) is 11.5 Å². The summed E-state index contributed by atoms with van der Waals surface area (Å²) in [7, 11) is 1.63. The Morgan fingerprint density at radius 2 is 2.00 bits per heavy atom. The largest absolute Gasteiger partial charge is 0.497 e. The Hall–Kier alpha value is -2.42. The lowest BCUT2D eigenvalue weighted by Gasteiger charge is -2.24. The average molecular weight is 345 g/mol. The Morgan fingerprint density at radius 1 is 1.32 bits per heavy atom. The van der Waals surface area contributed by atoms with Crippen molar-refractivity contribution in [3.63, 3.8) is 0 Å². The minimum Gasteiger partial charge on any atom is -0.497 e. The summed E-state index contributed by atoms with van der Waals surface area (Å²) < 4.78 is 10.5. The lowest BCUT2D eigenvalue weighted by atomic mass is 10.1. The van der Waals surface area contributed by atoms with Crippen molar-refractivity contribution < 1.29 is 14.3 Å². The molecule has 1 aromatic carbocycles. The Morgan fingerprint density at radius 3 is 2.56 bits per heavy atom. The van der Waals surface area contributed by atoms with Gasteiger partial charge in [-0.2, -0.15) is 5.26 Å². The van der Waals surface area contributed by atoms with E-state index in [4.69, 9.17) is 9.47 Å². The van der Waals surface area contributed by atoms with Crippen LogP contribution in [0.1, 0.15) is 45.6 Å². The topological polar surface area (TPSA) is 74.6 Å². The number of nitriles is 1. The summed E-state index contributed by atoms with van der Waals surface area (Å²) >= 11 is 0. The highest BCUT2D eigenvalue weighted by molar-refractivity contribution is 5.68. The molecule has 0 aromatic heterocycles. The molecule has 2 atom stereocenters. The van der Waals surface area contributed by atoms with Gasteiger partial charge in [0.2, 0.25) is 0 Å². The Bertz CT molecular complexity index is 616. The SMILES string of the molecule is COc1ccc(CN(C#N)[C@H]2CC[C@H](NC(=O)OC(C)(C)C)C2)cc1. The van der Waals surface area contributed by atoms with Crippen LogP contribution in [0.15, 0.2) is 24.3 Å². The molecule has 1 saturated carbocycles. The molecule has 0 radical (unpaired) electrons. The van der Waals surface area contributed by atoms with Crippen LogP contribution in [-0.2, 0) is 11.3 Å². The second-order valence-electron chi connectivity index (χ2n) is 7.39. The van der Waals surface area contributed by atoms with Gasteiger partial charge in [0.15, 0.2) is 6.19 Å². The standard InChI is InChI=1S/C19H27N3O3/c1-19(2,3)25-18(23)21-15-7-8-16(11-15)22(13-20)12-14-5-9-17(24-4)10-6-14/h5-6,9-10,15-16H,7-8,11-12H2,1-4H3,(H,21,23)/t15-,16-/m0/s1. The maximum Gasteiger partial charge on any atom is 0.407 e. The van der Waals surface area contributed by atoms with Crippen LogP contribution in [-0.4, -0.2) is 35.8 Å². The van der Waals surface area contributed by atoms with Crippen molar-refractivity contribution in [2.45, 2.75) is 64.3 Å².